The molecule has 0 radical (unpaired) electrons. The van der Waals surface area contributed by atoms with Crippen LogP contribution >= 0.6 is 23.2 Å². The van der Waals surface area contributed by atoms with E-state index >= 15 is 0 Å². The van der Waals surface area contributed by atoms with Crippen molar-refractivity contribution in [2.45, 2.75) is 6.54 Å². The molecule has 7 nitrogen and oxygen atoms in total. The van der Waals surface area contributed by atoms with Gasteiger partial charge in [-0.05, 0) is 18.2 Å². The molecule has 2 heterocycles. The van der Waals surface area contributed by atoms with Gasteiger partial charge in [-0.15, -0.1) is 5.10 Å². The summed E-state index contributed by atoms with van der Waals surface area (Å²) < 4.78 is 6.79. The molecule has 0 fully saturated rings. The van der Waals surface area contributed by atoms with E-state index < -0.39 is 0 Å². The molecule has 0 aliphatic carbocycles. The zero-order chi connectivity index (χ0) is 14.8. The summed E-state index contributed by atoms with van der Waals surface area (Å²) in [6, 6.07) is 5.03. The smallest absolute Gasteiger partial charge is 0.280 e. The van der Waals surface area contributed by atoms with Crippen LogP contribution in [0.3, 0.4) is 0 Å². The van der Waals surface area contributed by atoms with Gasteiger partial charge in [0.15, 0.2) is 5.69 Å². The summed E-state index contributed by atoms with van der Waals surface area (Å²) in [5.41, 5.74) is 6.60. The van der Waals surface area contributed by atoms with Crippen LogP contribution in [0.2, 0.25) is 10.0 Å². The van der Waals surface area contributed by atoms with Crippen LogP contribution < -0.4 is 5.73 Å². The quantitative estimate of drug-likeness (QED) is 0.790. The van der Waals surface area contributed by atoms with Gasteiger partial charge in [0.25, 0.3) is 5.89 Å². The number of halogens is 2. The number of hydrogen-bond acceptors (Lipinski definition) is 6. The summed E-state index contributed by atoms with van der Waals surface area (Å²) in [5, 5.41) is 12.8. The third-order valence-corrected chi connectivity index (χ3v) is 3.10. The van der Waals surface area contributed by atoms with Crippen LogP contribution in [0.1, 0.15) is 0 Å². The fourth-order valence-electron chi connectivity index (χ4n) is 1.77. The second kappa shape index (κ2) is 5.80. The second-order valence-electron chi connectivity index (χ2n) is 4.24. The first-order chi connectivity index (χ1) is 10.2. The van der Waals surface area contributed by atoms with Crippen LogP contribution in [0.25, 0.3) is 23.0 Å². The molecule has 9 heteroatoms. The molecule has 0 saturated heterocycles. The first kappa shape index (κ1) is 14.0. The van der Waals surface area contributed by atoms with Crippen molar-refractivity contribution >= 4 is 23.2 Å². The number of hydrogen-bond donors (Lipinski definition) is 1. The zero-order valence-corrected chi connectivity index (χ0v) is 12.2. The molecule has 108 valence electrons. The Balaban J connectivity index is 1.91. The highest BCUT2D eigenvalue weighted by atomic mass is 35.5. The fourth-order valence-corrected chi connectivity index (χ4v) is 2.29. The topological polar surface area (TPSA) is 95.7 Å². The lowest BCUT2D eigenvalue weighted by molar-refractivity contribution is 0.431. The SMILES string of the molecule is NCCn1cc(-c2nc(-c3cc(Cl)cc(Cl)c3)no2)nn1. The van der Waals surface area contributed by atoms with E-state index in [1.54, 1.807) is 29.1 Å². The van der Waals surface area contributed by atoms with Gasteiger partial charge in [-0.3, -0.25) is 4.68 Å². The average molecular weight is 325 g/mol. The molecule has 3 aromatic rings. The van der Waals surface area contributed by atoms with E-state index in [2.05, 4.69) is 20.5 Å². The minimum atomic E-state index is 0.268. The average Bonchev–Trinajstić information content (AvgIpc) is 3.06. The van der Waals surface area contributed by atoms with Gasteiger partial charge in [-0.25, -0.2) is 0 Å². The van der Waals surface area contributed by atoms with Crippen LogP contribution in [0.5, 0.6) is 0 Å². The summed E-state index contributed by atoms with van der Waals surface area (Å²) in [7, 11) is 0. The molecule has 21 heavy (non-hydrogen) atoms. The molecule has 0 bridgehead atoms. The van der Waals surface area contributed by atoms with E-state index in [0.29, 0.717) is 40.2 Å². The molecular weight excluding hydrogens is 315 g/mol. The summed E-state index contributed by atoms with van der Waals surface area (Å²) in [6.07, 6.45) is 1.69. The number of benzene rings is 1. The van der Waals surface area contributed by atoms with Gasteiger partial charge in [0.05, 0.1) is 12.7 Å². The Morgan fingerprint density at radius 2 is 1.95 bits per heavy atom. The molecular formula is C12H10Cl2N6O. The van der Waals surface area contributed by atoms with Gasteiger partial charge in [0, 0.05) is 22.2 Å². The van der Waals surface area contributed by atoms with Crippen LogP contribution in [-0.2, 0) is 6.54 Å². The fraction of sp³-hybridized carbons (Fsp3) is 0.167. The summed E-state index contributed by atoms with van der Waals surface area (Å²) in [4.78, 5) is 4.26. The Labute approximate surface area is 129 Å². The van der Waals surface area contributed by atoms with Gasteiger partial charge in [0.1, 0.15) is 0 Å². The van der Waals surface area contributed by atoms with Crippen molar-refractivity contribution in [3.63, 3.8) is 0 Å². The monoisotopic (exact) mass is 324 g/mol. The van der Waals surface area contributed by atoms with Gasteiger partial charge in [-0.1, -0.05) is 33.6 Å². The highest BCUT2D eigenvalue weighted by Crippen LogP contribution is 2.26. The summed E-state index contributed by atoms with van der Waals surface area (Å²) in [5.74, 6) is 0.646. The standard InChI is InChI=1S/C12H10Cl2N6O/c13-8-3-7(4-9(14)5-8)11-16-12(21-18-11)10-6-20(2-1-15)19-17-10/h3-6H,1-2,15H2. The molecule has 0 atom stereocenters. The summed E-state index contributed by atoms with van der Waals surface area (Å²) >= 11 is 11.9. The lowest BCUT2D eigenvalue weighted by Gasteiger charge is -1.96. The molecule has 0 spiro atoms. The normalized spacial score (nSPS) is 11.0. The molecule has 0 amide bonds. The Hall–Kier alpha value is -1.96. The lowest BCUT2D eigenvalue weighted by atomic mass is 10.2. The summed E-state index contributed by atoms with van der Waals surface area (Å²) in [6.45, 7) is 1.04. The maximum atomic E-state index is 5.95. The van der Waals surface area contributed by atoms with Crippen molar-refractivity contribution in [2.75, 3.05) is 6.54 Å². The van der Waals surface area contributed by atoms with Crippen molar-refractivity contribution in [3.8, 4) is 23.0 Å². The first-order valence-corrected chi connectivity index (χ1v) is 6.82. The Kier molecular flexibility index (Phi) is 3.87. The van der Waals surface area contributed by atoms with Gasteiger partial charge in [-0.2, -0.15) is 4.98 Å². The third-order valence-electron chi connectivity index (χ3n) is 2.66. The van der Waals surface area contributed by atoms with E-state index in [9.17, 15) is 0 Å². The van der Waals surface area contributed by atoms with Crippen molar-refractivity contribution in [1.82, 2.24) is 25.1 Å². The first-order valence-electron chi connectivity index (χ1n) is 6.06. The Morgan fingerprint density at radius 3 is 2.67 bits per heavy atom. The van der Waals surface area contributed by atoms with Crippen molar-refractivity contribution in [3.05, 3.63) is 34.4 Å². The van der Waals surface area contributed by atoms with E-state index in [1.165, 1.54) is 0 Å². The number of nitrogens with two attached hydrogens (primary N) is 1. The number of rotatable bonds is 4. The van der Waals surface area contributed by atoms with Crippen LogP contribution in [0, 0.1) is 0 Å². The molecule has 2 N–H and O–H groups in total. The van der Waals surface area contributed by atoms with Gasteiger partial charge < -0.3 is 10.3 Å². The lowest BCUT2D eigenvalue weighted by Crippen LogP contribution is -2.10. The molecule has 3 rings (SSSR count). The van der Waals surface area contributed by atoms with Crippen molar-refractivity contribution in [2.24, 2.45) is 5.73 Å². The third kappa shape index (κ3) is 3.05. The van der Waals surface area contributed by atoms with E-state index in [0.717, 1.165) is 0 Å². The molecule has 0 aliphatic rings. The minimum absolute atomic E-state index is 0.268. The molecule has 0 saturated carbocycles. The molecule has 0 aliphatic heterocycles. The molecule has 2 aromatic heterocycles. The second-order valence-corrected chi connectivity index (χ2v) is 5.11. The predicted molar refractivity (Wildman–Crippen MR) is 77.8 cm³/mol. The van der Waals surface area contributed by atoms with Crippen molar-refractivity contribution in [1.29, 1.82) is 0 Å². The predicted octanol–water partition coefficient (Wildman–Crippen LogP) is 2.26. The van der Waals surface area contributed by atoms with E-state index in [-0.39, 0.29) is 5.89 Å². The maximum absolute atomic E-state index is 5.95. The van der Waals surface area contributed by atoms with Crippen LogP contribution in [-0.4, -0.2) is 31.7 Å². The largest absolute Gasteiger partial charge is 0.332 e. The van der Waals surface area contributed by atoms with Crippen molar-refractivity contribution < 1.29 is 4.52 Å². The highest BCUT2D eigenvalue weighted by Gasteiger charge is 2.14. The van der Waals surface area contributed by atoms with Crippen LogP contribution in [0.15, 0.2) is 28.9 Å². The Bertz CT molecular complexity index is 748. The maximum Gasteiger partial charge on any atom is 0.280 e. The van der Waals surface area contributed by atoms with E-state index in [1.807, 2.05) is 0 Å². The molecule has 0 unspecified atom stereocenters. The number of aromatic nitrogens is 5. The van der Waals surface area contributed by atoms with Gasteiger partial charge in [0.2, 0.25) is 5.82 Å². The van der Waals surface area contributed by atoms with Crippen LogP contribution in [0.4, 0.5) is 0 Å². The zero-order valence-electron chi connectivity index (χ0n) is 10.7. The minimum Gasteiger partial charge on any atom is -0.332 e. The van der Waals surface area contributed by atoms with E-state index in [4.69, 9.17) is 33.5 Å². The molecule has 1 aromatic carbocycles. The highest BCUT2D eigenvalue weighted by molar-refractivity contribution is 6.35. The number of nitrogens with zero attached hydrogens (tertiary/aromatic N) is 5. The van der Waals surface area contributed by atoms with Gasteiger partial charge >= 0.3 is 0 Å². The Morgan fingerprint density at radius 1 is 1.19 bits per heavy atom.